The van der Waals surface area contributed by atoms with Crippen molar-refractivity contribution < 1.29 is 13.2 Å². The molecule has 2 rings (SSSR count). The smallest absolute Gasteiger partial charge is 0.251 e. The van der Waals surface area contributed by atoms with Gasteiger partial charge in [-0.2, -0.15) is 0 Å². The number of rotatable bonds is 3. The van der Waals surface area contributed by atoms with Crippen LogP contribution < -0.4 is 5.32 Å². The van der Waals surface area contributed by atoms with Crippen LogP contribution >= 0.6 is 0 Å². The zero-order chi connectivity index (χ0) is 14.0. The molecule has 0 spiro atoms. The summed E-state index contributed by atoms with van der Waals surface area (Å²) in [6, 6.07) is 7.24. The third-order valence-electron chi connectivity index (χ3n) is 3.34. The van der Waals surface area contributed by atoms with E-state index in [1.165, 1.54) is 10.6 Å². The van der Waals surface area contributed by atoms with Crippen LogP contribution in [-0.2, 0) is 10.0 Å². The Morgan fingerprint density at radius 3 is 2.63 bits per heavy atom. The van der Waals surface area contributed by atoms with E-state index in [0.29, 0.717) is 25.1 Å². The van der Waals surface area contributed by atoms with Gasteiger partial charge in [-0.05, 0) is 25.0 Å². The van der Waals surface area contributed by atoms with Gasteiger partial charge in [0, 0.05) is 24.7 Å². The van der Waals surface area contributed by atoms with Crippen LogP contribution in [0.15, 0.2) is 24.3 Å². The molecular weight excluding hydrogens is 264 g/mol. The Morgan fingerprint density at radius 1 is 1.37 bits per heavy atom. The maximum Gasteiger partial charge on any atom is 0.251 e. The van der Waals surface area contributed by atoms with Crippen molar-refractivity contribution in [3.05, 3.63) is 35.4 Å². The molecule has 0 bridgehead atoms. The van der Waals surface area contributed by atoms with Crippen LogP contribution in [0.4, 0.5) is 0 Å². The van der Waals surface area contributed by atoms with Crippen molar-refractivity contribution in [2.75, 3.05) is 19.3 Å². The molecule has 1 aromatic carbocycles. The van der Waals surface area contributed by atoms with E-state index >= 15 is 0 Å². The molecule has 19 heavy (non-hydrogen) atoms. The molecule has 1 aliphatic heterocycles. The number of benzene rings is 1. The van der Waals surface area contributed by atoms with E-state index in [0.717, 1.165) is 5.56 Å². The van der Waals surface area contributed by atoms with Gasteiger partial charge in [0.15, 0.2) is 0 Å². The summed E-state index contributed by atoms with van der Waals surface area (Å²) >= 11 is 0. The Balaban J connectivity index is 2.00. The fourth-order valence-corrected chi connectivity index (χ4v) is 3.13. The van der Waals surface area contributed by atoms with Crippen molar-refractivity contribution in [2.45, 2.75) is 19.4 Å². The molecule has 6 heteroatoms. The average molecular weight is 282 g/mol. The summed E-state index contributed by atoms with van der Waals surface area (Å²) in [5, 5.41) is 2.89. The number of carbonyl (C=O) groups is 1. The highest BCUT2D eigenvalue weighted by Crippen LogP contribution is 2.14. The van der Waals surface area contributed by atoms with E-state index in [-0.39, 0.29) is 11.9 Å². The standard InChI is InChI=1S/C13H18N2O3S/c1-10-5-3-4-6-12(10)13(16)14-11-7-8-15(9-11)19(2,17)18/h3-6,11H,7-9H2,1-2H3,(H,14,16). The Hall–Kier alpha value is -1.40. The molecule has 1 amide bonds. The van der Waals surface area contributed by atoms with Crippen LogP contribution in [0.2, 0.25) is 0 Å². The average Bonchev–Trinajstić information content (AvgIpc) is 2.77. The molecule has 1 saturated heterocycles. The van der Waals surface area contributed by atoms with E-state index in [1.807, 2.05) is 25.1 Å². The molecule has 1 fully saturated rings. The van der Waals surface area contributed by atoms with Gasteiger partial charge in [-0.3, -0.25) is 4.79 Å². The van der Waals surface area contributed by atoms with E-state index < -0.39 is 10.0 Å². The maximum atomic E-state index is 12.1. The normalized spacial score (nSPS) is 20.4. The molecule has 1 N–H and O–H groups in total. The number of nitrogens with one attached hydrogen (secondary N) is 1. The Morgan fingerprint density at radius 2 is 2.05 bits per heavy atom. The third kappa shape index (κ3) is 3.33. The molecule has 1 unspecified atom stereocenters. The quantitative estimate of drug-likeness (QED) is 0.890. The van der Waals surface area contributed by atoms with Crippen LogP contribution in [0.5, 0.6) is 0 Å². The molecule has 0 saturated carbocycles. The minimum atomic E-state index is -3.16. The van der Waals surface area contributed by atoms with Gasteiger partial charge in [0.1, 0.15) is 0 Å². The van der Waals surface area contributed by atoms with Crippen LogP contribution in [0.25, 0.3) is 0 Å². The summed E-state index contributed by atoms with van der Waals surface area (Å²) in [5.74, 6) is -0.140. The molecule has 0 aromatic heterocycles. The second-order valence-electron chi connectivity index (χ2n) is 4.89. The van der Waals surface area contributed by atoms with Gasteiger partial charge in [-0.1, -0.05) is 18.2 Å². The first-order chi connectivity index (χ1) is 8.88. The largest absolute Gasteiger partial charge is 0.348 e. The lowest BCUT2D eigenvalue weighted by atomic mass is 10.1. The number of aryl methyl sites for hydroxylation is 1. The Bertz CT molecular complexity index is 583. The first kappa shape index (κ1) is 14.0. The SMILES string of the molecule is Cc1ccccc1C(=O)NC1CCN(S(C)(=O)=O)C1. The van der Waals surface area contributed by atoms with Gasteiger partial charge in [-0.25, -0.2) is 12.7 Å². The molecular formula is C13H18N2O3S. The summed E-state index contributed by atoms with van der Waals surface area (Å²) in [7, 11) is -3.16. The Kier molecular flexibility index (Phi) is 3.91. The zero-order valence-electron chi connectivity index (χ0n) is 11.1. The minimum Gasteiger partial charge on any atom is -0.348 e. The summed E-state index contributed by atoms with van der Waals surface area (Å²) in [6.45, 7) is 2.71. The van der Waals surface area contributed by atoms with Crippen LogP contribution in [0.1, 0.15) is 22.3 Å². The van der Waals surface area contributed by atoms with Crippen molar-refractivity contribution in [3.63, 3.8) is 0 Å². The van der Waals surface area contributed by atoms with Gasteiger partial charge in [0.2, 0.25) is 10.0 Å². The lowest BCUT2D eigenvalue weighted by Crippen LogP contribution is -2.38. The van der Waals surface area contributed by atoms with Crippen LogP contribution in [0, 0.1) is 6.92 Å². The van der Waals surface area contributed by atoms with Gasteiger partial charge >= 0.3 is 0 Å². The predicted molar refractivity (Wildman–Crippen MR) is 73.5 cm³/mol. The number of hydrogen-bond acceptors (Lipinski definition) is 3. The molecule has 1 aliphatic rings. The molecule has 5 nitrogen and oxygen atoms in total. The third-order valence-corrected chi connectivity index (χ3v) is 4.61. The lowest BCUT2D eigenvalue weighted by molar-refractivity contribution is 0.0938. The molecule has 1 heterocycles. The number of hydrogen-bond donors (Lipinski definition) is 1. The van der Waals surface area contributed by atoms with Crippen LogP contribution in [0.3, 0.4) is 0 Å². The maximum absolute atomic E-state index is 12.1. The van der Waals surface area contributed by atoms with Crippen molar-refractivity contribution in [1.82, 2.24) is 9.62 Å². The number of carbonyl (C=O) groups excluding carboxylic acids is 1. The number of sulfonamides is 1. The highest BCUT2D eigenvalue weighted by Gasteiger charge is 2.29. The minimum absolute atomic E-state index is 0.109. The van der Waals surface area contributed by atoms with E-state index in [2.05, 4.69) is 5.32 Å². The molecule has 104 valence electrons. The zero-order valence-corrected chi connectivity index (χ0v) is 11.9. The van der Waals surface area contributed by atoms with Gasteiger partial charge in [-0.15, -0.1) is 0 Å². The fourth-order valence-electron chi connectivity index (χ4n) is 2.24. The van der Waals surface area contributed by atoms with E-state index in [1.54, 1.807) is 6.07 Å². The highest BCUT2D eigenvalue weighted by molar-refractivity contribution is 7.88. The van der Waals surface area contributed by atoms with Crippen molar-refractivity contribution in [2.24, 2.45) is 0 Å². The lowest BCUT2D eigenvalue weighted by Gasteiger charge is -2.15. The van der Waals surface area contributed by atoms with Crippen molar-refractivity contribution >= 4 is 15.9 Å². The second-order valence-corrected chi connectivity index (χ2v) is 6.88. The van der Waals surface area contributed by atoms with Gasteiger partial charge in [0.25, 0.3) is 5.91 Å². The fraction of sp³-hybridized carbons (Fsp3) is 0.462. The topological polar surface area (TPSA) is 66.5 Å². The van der Waals surface area contributed by atoms with Gasteiger partial charge < -0.3 is 5.32 Å². The number of amides is 1. The van der Waals surface area contributed by atoms with Crippen molar-refractivity contribution in [3.8, 4) is 0 Å². The monoisotopic (exact) mass is 282 g/mol. The van der Waals surface area contributed by atoms with Crippen molar-refractivity contribution in [1.29, 1.82) is 0 Å². The number of nitrogens with zero attached hydrogens (tertiary/aromatic N) is 1. The van der Waals surface area contributed by atoms with E-state index in [4.69, 9.17) is 0 Å². The second kappa shape index (κ2) is 5.30. The highest BCUT2D eigenvalue weighted by atomic mass is 32.2. The first-order valence-corrected chi connectivity index (χ1v) is 8.04. The van der Waals surface area contributed by atoms with Crippen LogP contribution in [-0.4, -0.2) is 44.0 Å². The molecule has 1 aromatic rings. The van der Waals surface area contributed by atoms with E-state index in [9.17, 15) is 13.2 Å². The molecule has 0 radical (unpaired) electrons. The van der Waals surface area contributed by atoms with Gasteiger partial charge in [0.05, 0.1) is 6.26 Å². The Labute approximate surface area is 113 Å². The summed E-state index contributed by atoms with van der Waals surface area (Å²) in [5.41, 5.74) is 1.55. The molecule has 1 atom stereocenters. The summed E-state index contributed by atoms with van der Waals surface area (Å²) < 4.78 is 24.2. The predicted octanol–water partition coefficient (Wildman–Crippen LogP) is 0.759. The summed E-state index contributed by atoms with van der Waals surface area (Å²) in [6.07, 6.45) is 1.85. The molecule has 0 aliphatic carbocycles. The summed E-state index contributed by atoms with van der Waals surface area (Å²) in [4.78, 5) is 12.1. The first-order valence-electron chi connectivity index (χ1n) is 6.19.